The Labute approximate surface area is 170 Å². The second kappa shape index (κ2) is 9.92. The molecule has 156 valence electrons. The number of amides is 2. The third-order valence-corrected chi connectivity index (χ3v) is 4.56. The highest BCUT2D eigenvalue weighted by Crippen LogP contribution is 2.23. The number of carbonyl (C=O) groups is 2. The van der Waals surface area contributed by atoms with Crippen molar-refractivity contribution in [3.8, 4) is 5.75 Å². The van der Waals surface area contributed by atoms with Crippen molar-refractivity contribution >= 4 is 27.5 Å². The maximum absolute atomic E-state index is 12.4. The minimum absolute atomic E-state index is 0.210. The van der Waals surface area contributed by atoms with Gasteiger partial charge < -0.3 is 15.4 Å². The Balaban J connectivity index is 1.91. The predicted octanol–water partition coefficient (Wildman–Crippen LogP) is 1.82. The Morgan fingerprint density at radius 3 is 2.24 bits per heavy atom. The zero-order valence-corrected chi connectivity index (χ0v) is 17.3. The summed E-state index contributed by atoms with van der Waals surface area (Å²) in [5.74, 6) is -0.272. The van der Waals surface area contributed by atoms with Crippen LogP contribution in [0.2, 0.25) is 0 Å². The van der Waals surface area contributed by atoms with E-state index in [1.807, 2.05) is 6.07 Å². The Morgan fingerprint density at radius 2 is 1.59 bits per heavy atom. The maximum atomic E-state index is 12.4. The number of para-hydroxylation sites is 2. The molecule has 2 aromatic carbocycles. The zero-order chi connectivity index (χ0) is 21.4. The van der Waals surface area contributed by atoms with E-state index in [1.165, 1.54) is 0 Å². The van der Waals surface area contributed by atoms with Gasteiger partial charge in [-0.05, 0) is 37.6 Å². The molecule has 0 spiro atoms. The van der Waals surface area contributed by atoms with Crippen LogP contribution < -0.4 is 20.1 Å². The van der Waals surface area contributed by atoms with Gasteiger partial charge in [-0.2, -0.15) is 0 Å². The van der Waals surface area contributed by atoms with Crippen LogP contribution in [0.15, 0.2) is 54.6 Å². The van der Waals surface area contributed by atoms with Gasteiger partial charge in [0.1, 0.15) is 11.8 Å². The molecule has 2 amide bonds. The Kier molecular flexibility index (Phi) is 7.60. The first kappa shape index (κ1) is 22.2. The van der Waals surface area contributed by atoms with Gasteiger partial charge >= 0.3 is 0 Å². The summed E-state index contributed by atoms with van der Waals surface area (Å²) >= 11 is 0. The van der Waals surface area contributed by atoms with Crippen LogP contribution in [0.5, 0.6) is 5.75 Å². The lowest BCUT2D eigenvalue weighted by molar-refractivity contribution is -0.129. The van der Waals surface area contributed by atoms with Gasteiger partial charge in [0.25, 0.3) is 5.91 Å². The van der Waals surface area contributed by atoms with Gasteiger partial charge in [-0.25, -0.2) is 8.42 Å². The Hall–Kier alpha value is -3.07. The van der Waals surface area contributed by atoms with Crippen LogP contribution in [-0.2, 0) is 19.6 Å². The van der Waals surface area contributed by atoms with Gasteiger partial charge in [-0.1, -0.05) is 36.4 Å². The molecule has 0 aliphatic carbocycles. The van der Waals surface area contributed by atoms with Crippen molar-refractivity contribution in [3.63, 3.8) is 0 Å². The maximum Gasteiger partial charge on any atom is 0.258 e. The van der Waals surface area contributed by atoms with Crippen LogP contribution in [0, 0.1) is 0 Å². The van der Waals surface area contributed by atoms with E-state index in [0.717, 1.165) is 6.26 Å². The number of benzene rings is 2. The molecule has 0 radical (unpaired) electrons. The highest BCUT2D eigenvalue weighted by atomic mass is 32.2. The normalized spacial score (nSPS) is 13.1. The van der Waals surface area contributed by atoms with Crippen molar-refractivity contribution in [3.05, 3.63) is 60.2 Å². The van der Waals surface area contributed by atoms with E-state index in [2.05, 4.69) is 15.4 Å². The van der Waals surface area contributed by atoms with Gasteiger partial charge in [0.15, 0.2) is 6.61 Å². The molecular formula is C20H25N3O5S. The molecule has 2 aromatic rings. The molecule has 0 heterocycles. The molecule has 0 bridgehead atoms. The highest BCUT2D eigenvalue weighted by molar-refractivity contribution is 7.92. The van der Waals surface area contributed by atoms with Gasteiger partial charge in [0, 0.05) is 0 Å². The minimum atomic E-state index is -3.46. The van der Waals surface area contributed by atoms with Crippen LogP contribution in [0.1, 0.15) is 25.5 Å². The summed E-state index contributed by atoms with van der Waals surface area (Å²) in [4.78, 5) is 24.4. The van der Waals surface area contributed by atoms with Crippen molar-refractivity contribution in [2.24, 2.45) is 0 Å². The molecule has 0 aliphatic heterocycles. The summed E-state index contributed by atoms with van der Waals surface area (Å²) in [5.41, 5.74) is 0.993. The van der Waals surface area contributed by atoms with Crippen LogP contribution in [0.3, 0.4) is 0 Å². The van der Waals surface area contributed by atoms with Crippen LogP contribution in [-0.4, -0.2) is 39.1 Å². The number of anilines is 1. The van der Waals surface area contributed by atoms with Crippen molar-refractivity contribution in [2.75, 3.05) is 17.6 Å². The van der Waals surface area contributed by atoms with E-state index in [4.69, 9.17) is 4.74 Å². The van der Waals surface area contributed by atoms with E-state index < -0.39 is 33.9 Å². The van der Waals surface area contributed by atoms with Crippen molar-refractivity contribution < 1.29 is 22.7 Å². The summed E-state index contributed by atoms with van der Waals surface area (Å²) < 4.78 is 30.9. The number of ether oxygens (including phenoxy) is 1. The van der Waals surface area contributed by atoms with Crippen molar-refractivity contribution in [1.82, 2.24) is 10.6 Å². The molecule has 8 nitrogen and oxygen atoms in total. The van der Waals surface area contributed by atoms with Gasteiger partial charge in [0.05, 0.1) is 18.0 Å². The second-order valence-corrected chi connectivity index (χ2v) is 8.33. The van der Waals surface area contributed by atoms with Crippen LogP contribution in [0.4, 0.5) is 5.69 Å². The van der Waals surface area contributed by atoms with Gasteiger partial charge in [0.2, 0.25) is 15.9 Å². The molecular weight excluding hydrogens is 394 g/mol. The quantitative estimate of drug-likeness (QED) is 0.574. The Bertz CT molecular complexity index is 948. The first-order valence-electron chi connectivity index (χ1n) is 9.00. The number of rotatable bonds is 9. The van der Waals surface area contributed by atoms with Gasteiger partial charge in [-0.15, -0.1) is 0 Å². The third-order valence-electron chi connectivity index (χ3n) is 3.97. The number of hydrogen-bond acceptors (Lipinski definition) is 5. The van der Waals surface area contributed by atoms with Crippen LogP contribution >= 0.6 is 0 Å². The summed E-state index contributed by atoms with van der Waals surface area (Å²) in [6, 6.07) is 14.4. The summed E-state index contributed by atoms with van der Waals surface area (Å²) in [6.45, 7) is 3.08. The lowest BCUT2D eigenvalue weighted by atomic mass is 10.1. The van der Waals surface area contributed by atoms with E-state index in [-0.39, 0.29) is 6.61 Å². The van der Waals surface area contributed by atoms with E-state index >= 15 is 0 Å². The summed E-state index contributed by atoms with van der Waals surface area (Å²) in [6.07, 6.45) is 1.06. The molecule has 0 saturated heterocycles. The largest absolute Gasteiger partial charge is 0.484 e. The summed E-state index contributed by atoms with van der Waals surface area (Å²) in [5, 5.41) is 5.34. The lowest BCUT2D eigenvalue weighted by Gasteiger charge is -2.21. The molecule has 2 unspecified atom stereocenters. The third kappa shape index (κ3) is 7.46. The zero-order valence-electron chi connectivity index (χ0n) is 16.5. The summed E-state index contributed by atoms with van der Waals surface area (Å²) in [7, 11) is -3.46. The predicted molar refractivity (Wildman–Crippen MR) is 111 cm³/mol. The highest BCUT2D eigenvalue weighted by Gasteiger charge is 2.20. The number of nitrogens with one attached hydrogen (secondary N) is 3. The molecule has 0 fully saturated rings. The molecule has 9 heteroatoms. The van der Waals surface area contributed by atoms with E-state index in [9.17, 15) is 18.0 Å². The van der Waals surface area contributed by atoms with E-state index in [1.54, 1.807) is 62.4 Å². The first-order chi connectivity index (χ1) is 13.7. The number of hydrogen-bond donors (Lipinski definition) is 3. The van der Waals surface area contributed by atoms with Crippen molar-refractivity contribution in [2.45, 2.75) is 25.9 Å². The van der Waals surface area contributed by atoms with Crippen LogP contribution in [0.25, 0.3) is 0 Å². The minimum Gasteiger partial charge on any atom is -0.484 e. The fraction of sp³-hybridized carbons (Fsp3) is 0.300. The average Bonchev–Trinajstić information content (AvgIpc) is 2.66. The molecule has 0 saturated carbocycles. The van der Waals surface area contributed by atoms with Gasteiger partial charge in [-0.3, -0.25) is 14.3 Å². The second-order valence-electron chi connectivity index (χ2n) is 6.58. The average molecular weight is 420 g/mol. The molecule has 2 atom stereocenters. The molecule has 0 aromatic heterocycles. The fourth-order valence-electron chi connectivity index (χ4n) is 2.60. The first-order valence-corrected chi connectivity index (χ1v) is 10.9. The standard InChI is InChI=1S/C20H25N3O5S/c1-14(17-11-7-8-12-18(17)23-29(3,26)27)22-20(25)15(2)21-19(24)13-28-16-9-5-4-6-10-16/h4-12,14-15,23H,13H2,1-3H3,(H,21,24)(H,22,25). The topological polar surface area (TPSA) is 114 Å². The molecule has 0 aliphatic rings. The van der Waals surface area contributed by atoms with Crippen molar-refractivity contribution in [1.29, 1.82) is 0 Å². The Morgan fingerprint density at radius 1 is 0.966 bits per heavy atom. The molecule has 3 N–H and O–H groups in total. The molecule has 2 rings (SSSR count). The lowest BCUT2D eigenvalue weighted by Crippen LogP contribution is -2.46. The smallest absolute Gasteiger partial charge is 0.258 e. The number of carbonyl (C=O) groups excluding carboxylic acids is 2. The fourth-order valence-corrected chi connectivity index (χ4v) is 3.18. The monoisotopic (exact) mass is 419 g/mol. The van der Waals surface area contributed by atoms with E-state index in [0.29, 0.717) is 17.0 Å². The number of sulfonamides is 1. The molecule has 29 heavy (non-hydrogen) atoms. The SMILES string of the molecule is CC(NC(=O)COc1ccccc1)C(=O)NC(C)c1ccccc1NS(C)(=O)=O.